The number of Topliss-reactive ketones (excluding diaryl/α,β-unsaturated/α-hetero) is 2. The van der Waals surface area contributed by atoms with Gasteiger partial charge in [-0.1, -0.05) is 42.8 Å². The van der Waals surface area contributed by atoms with E-state index in [4.69, 9.17) is 35.3 Å². The quantitative estimate of drug-likeness (QED) is 0.548. The van der Waals surface area contributed by atoms with Gasteiger partial charge in [-0.2, -0.15) is 0 Å². The van der Waals surface area contributed by atoms with E-state index in [1.165, 1.54) is 19.8 Å². The molecule has 200 valence electrons. The molecule has 3 heterocycles. The Labute approximate surface area is 226 Å². The molecule has 0 amide bonds. The molecule has 1 spiro atoms. The summed E-state index contributed by atoms with van der Waals surface area (Å²) in [5.41, 5.74) is 1.41. The van der Waals surface area contributed by atoms with Crippen molar-refractivity contribution >= 4 is 23.2 Å². The summed E-state index contributed by atoms with van der Waals surface area (Å²) in [6, 6.07) is 9.84. The molecule has 1 fully saturated rings. The largest absolute Gasteiger partial charge is 0.496 e. The Kier molecular flexibility index (Phi) is 6.37. The number of benzene rings is 2. The number of carbonyl (C=O) groups is 2. The lowest BCUT2D eigenvalue weighted by Crippen LogP contribution is -2.52. The number of fused-ring (bicyclic) bond motifs is 2. The second-order valence-corrected chi connectivity index (χ2v) is 10.6. The summed E-state index contributed by atoms with van der Waals surface area (Å²) in [5, 5.41) is 0.185. The van der Waals surface area contributed by atoms with E-state index in [1.807, 2.05) is 19.1 Å². The maximum Gasteiger partial charge on any atom is 0.231 e. The molecular formula is C29H30ClNO7. The molecule has 0 aromatic heterocycles. The SMILES string of the molecule is COc1cc(OC)c2c(c1Cl)O[C@]1(C2=O)C2=C(CC(c3ccc(CN4CCOCC4)cc3)O2)C(=O)C[C@H]1C. The molecule has 1 aliphatic carbocycles. The van der Waals surface area contributed by atoms with E-state index in [0.29, 0.717) is 29.3 Å². The third-order valence-corrected chi connectivity index (χ3v) is 8.42. The van der Waals surface area contributed by atoms with Crippen LogP contribution in [0.3, 0.4) is 0 Å². The summed E-state index contributed by atoms with van der Waals surface area (Å²) in [6.07, 6.45) is 0.159. The van der Waals surface area contributed by atoms with Crippen molar-refractivity contribution in [3.05, 3.63) is 63.4 Å². The number of methoxy groups -OCH3 is 2. The summed E-state index contributed by atoms with van der Waals surface area (Å²) in [6.45, 7) is 6.05. The van der Waals surface area contributed by atoms with Gasteiger partial charge in [0, 0.05) is 50.0 Å². The number of ether oxygens (including phenoxy) is 5. The van der Waals surface area contributed by atoms with Crippen LogP contribution >= 0.6 is 11.6 Å². The van der Waals surface area contributed by atoms with Crippen LogP contribution in [0.4, 0.5) is 0 Å². The number of halogens is 1. The summed E-state index contributed by atoms with van der Waals surface area (Å²) < 4.78 is 29.2. The molecule has 2 aromatic carbocycles. The molecule has 3 aliphatic heterocycles. The molecule has 4 aliphatic rings. The van der Waals surface area contributed by atoms with Gasteiger partial charge in [-0.05, 0) is 11.1 Å². The average molecular weight is 540 g/mol. The topological polar surface area (TPSA) is 83.5 Å². The molecule has 0 N–H and O–H groups in total. The van der Waals surface area contributed by atoms with Gasteiger partial charge in [0.05, 0.1) is 27.4 Å². The molecule has 6 rings (SSSR count). The zero-order valence-corrected chi connectivity index (χ0v) is 22.4. The predicted molar refractivity (Wildman–Crippen MR) is 139 cm³/mol. The van der Waals surface area contributed by atoms with Crippen molar-refractivity contribution in [3.63, 3.8) is 0 Å². The fourth-order valence-corrected chi connectivity index (χ4v) is 6.24. The van der Waals surface area contributed by atoms with Gasteiger partial charge in [-0.3, -0.25) is 14.5 Å². The number of morpholine rings is 1. The standard InChI is InChI=1S/C29H30ClNO7/c1-16-12-20(32)19-13-21(18-6-4-17(5-7-18)15-31-8-10-36-11-9-31)37-28(19)29(16)27(33)24-22(34-2)14-23(35-3)25(30)26(24)38-29/h4-7,14,16,21H,8-13,15H2,1-3H3/t16-,21?,29-/m1/s1. The van der Waals surface area contributed by atoms with Crippen LogP contribution in [-0.4, -0.2) is 62.6 Å². The van der Waals surface area contributed by atoms with Gasteiger partial charge in [0.1, 0.15) is 28.2 Å². The Balaban J connectivity index is 1.31. The zero-order chi connectivity index (χ0) is 26.6. The van der Waals surface area contributed by atoms with Gasteiger partial charge >= 0.3 is 0 Å². The number of rotatable bonds is 5. The van der Waals surface area contributed by atoms with Crippen LogP contribution in [-0.2, 0) is 20.8 Å². The number of ketones is 2. The van der Waals surface area contributed by atoms with Gasteiger partial charge in [0.2, 0.25) is 11.4 Å². The van der Waals surface area contributed by atoms with E-state index >= 15 is 0 Å². The molecule has 8 nitrogen and oxygen atoms in total. The molecule has 1 unspecified atom stereocenters. The number of hydrogen-bond acceptors (Lipinski definition) is 8. The summed E-state index contributed by atoms with van der Waals surface area (Å²) in [5.74, 6) is 0.330. The molecule has 38 heavy (non-hydrogen) atoms. The Bertz CT molecular complexity index is 1330. The molecule has 0 radical (unpaired) electrons. The van der Waals surface area contributed by atoms with Crippen molar-refractivity contribution < 1.29 is 33.3 Å². The minimum Gasteiger partial charge on any atom is -0.496 e. The number of hydrogen-bond donors (Lipinski definition) is 0. The highest BCUT2D eigenvalue weighted by molar-refractivity contribution is 6.35. The lowest BCUT2D eigenvalue weighted by Gasteiger charge is -2.37. The lowest BCUT2D eigenvalue weighted by atomic mass is 9.73. The van der Waals surface area contributed by atoms with Crippen molar-refractivity contribution in [2.45, 2.75) is 38.0 Å². The molecule has 3 atom stereocenters. The maximum absolute atomic E-state index is 14.1. The van der Waals surface area contributed by atoms with Crippen LogP contribution < -0.4 is 14.2 Å². The maximum atomic E-state index is 14.1. The Morgan fingerprint density at radius 3 is 2.45 bits per heavy atom. The van der Waals surface area contributed by atoms with Gasteiger partial charge in [0.25, 0.3) is 0 Å². The molecule has 0 bridgehead atoms. The van der Waals surface area contributed by atoms with Crippen LogP contribution in [0.25, 0.3) is 0 Å². The van der Waals surface area contributed by atoms with Crippen LogP contribution in [0.15, 0.2) is 41.7 Å². The normalized spacial score (nSPS) is 26.7. The highest BCUT2D eigenvalue weighted by Gasteiger charge is 2.63. The van der Waals surface area contributed by atoms with E-state index < -0.39 is 17.6 Å². The van der Waals surface area contributed by atoms with Gasteiger partial charge in [-0.25, -0.2) is 0 Å². The smallest absolute Gasteiger partial charge is 0.231 e. The van der Waals surface area contributed by atoms with Crippen molar-refractivity contribution in [3.8, 4) is 17.2 Å². The van der Waals surface area contributed by atoms with E-state index in [9.17, 15) is 9.59 Å². The third-order valence-electron chi connectivity index (χ3n) is 8.06. The molecule has 0 saturated carbocycles. The van der Waals surface area contributed by atoms with Crippen molar-refractivity contribution in [1.29, 1.82) is 0 Å². The van der Waals surface area contributed by atoms with Crippen LogP contribution in [0.2, 0.25) is 5.02 Å². The zero-order valence-electron chi connectivity index (χ0n) is 21.7. The fourth-order valence-electron chi connectivity index (χ4n) is 5.97. The van der Waals surface area contributed by atoms with Crippen LogP contribution in [0, 0.1) is 5.92 Å². The highest BCUT2D eigenvalue weighted by atomic mass is 35.5. The van der Waals surface area contributed by atoms with Gasteiger partial charge < -0.3 is 23.7 Å². The Morgan fingerprint density at radius 2 is 1.76 bits per heavy atom. The monoisotopic (exact) mass is 539 g/mol. The van der Waals surface area contributed by atoms with E-state index in [-0.39, 0.29) is 34.3 Å². The summed E-state index contributed by atoms with van der Waals surface area (Å²) in [4.78, 5) is 29.6. The molecule has 9 heteroatoms. The molecular weight excluding hydrogens is 510 g/mol. The molecule has 1 saturated heterocycles. The minimum absolute atomic E-state index is 0.0208. The van der Waals surface area contributed by atoms with Crippen molar-refractivity contribution in [1.82, 2.24) is 4.90 Å². The van der Waals surface area contributed by atoms with E-state index in [0.717, 1.165) is 38.4 Å². The second kappa shape index (κ2) is 9.59. The Hall–Kier alpha value is -3.07. The first kappa shape index (κ1) is 25.2. The summed E-state index contributed by atoms with van der Waals surface area (Å²) >= 11 is 6.59. The van der Waals surface area contributed by atoms with Gasteiger partial charge in [0.15, 0.2) is 17.3 Å². The Morgan fingerprint density at radius 1 is 1.05 bits per heavy atom. The first-order chi connectivity index (χ1) is 18.4. The highest BCUT2D eigenvalue weighted by Crippen LogP contribution is 2.58. The number of carbonyl (C=O) groups excluding carboxylic acids is 2. The van der Waals surface area contributed by atoms with E-state index in [1.54, 1.807) is 6.07 Å². The van der Waals surface area contributed by atoms with Crippen LogP contribution in [0.5, 0.6) is 17.2 Å². The van der Waals surface area contributed by atoms with Gasteiger partial charge in [-0.15, -0.1) is 0 Å². The van der Waals surface area contributed by atoms with Crippen LogP contribution in [0.1, 0.15) is 47.4 Å². The minimum atomic E-state index is -1.49. The average Bonchev–Trinajstić information content (AvgIpc) is 3.51. The van der Waals surface area contributed by atoms with E-state index in [2.05, 4.69) is 17.0 Å². The van der Waals surface area contributed by atoms with Crippen molar-refractivity contribution in [2.24, 2.45) is 5.92 Å². The molecule has 2 aromatic rings. The predicted octanol–water partition coefficient (Wildman–Crippen LogP) is 4.53. The number of nitrogens with zero attached hydrogens (tertiary/aromatic N) is 1. The first-order valence-electron chi connectivity index (χ1n) is 12.9. The second-order valence-electron chi connectivity index (χ2n) is 10.2. The fraction of sp³-hybridized carbons (Fsp3) is 0.448. The first-order valence-corrected chi connectivity index (χ1v) is 13.3. The van der Waals surface area contributed by atoms with Crippen molar-refractivity contribution in [2.75, 3.05) is 40.5 Å². The summed E-state index contributed by atoms with van der Waals surface area (Å²) in [7, 11) is 2.96. The lowest BCUT2D eigenvalue weighted by molar-refractivity contribution is -0.119. The third kappa shape index (κ3) is 3.81.